The van der Waals surface area contributed by atoms with E-state index in [1.54, 1.807) is 0 Å². The number of carbonyl (C=O) groups is 1. The monoisotopic (exact) mass is 309 g/mol. The fourth-order valence-corrected chi connectivity index (χ4v) is 3.08. The summed E-state index contributed by atoms with van der Waals surface area (Å²) in [6.45, 7) is 1.97. The fourth-order valence-electron chi connectivity index (χ4n) is 3.08. The standard InChI is InChI=1S/C20H23NO2/c22-20(12-11-17-7-3-1-4-8-17)21-13-14-23-16-19(21)15-18-9-5-2-6-10-18/h1-10,19H,11-16H2/t19-/m1/s1. The van der Waals surface area contributed by atoms with Gasteiger partial charge in [-0.05, 0) is 24.0 Å². The highest BCUT2D eigenvalue weighted by molar-refractivity contribution is 5.77. The molecule has 120 valence electrons. The normalized spacial score (nSPS) is 17.9. The van der Waals surface area contributed by atoms with Crippen molar-refractivity contribution < 1.29 is 9.53 Å². The fraction of sp³-hybridized carbons (Fsp3) is 0.350. The summed E-state index contributed by atoms with van der Waals surface area (Å²) in [4.78, 5) is 14.7. The Labute approximate surface area is 137 Å². The van der Waals surface area contributed by atoms with Crippen molar-refractivity contribution >= 4 is 5.91 Å². The van der Waals surface area contributed by atoms with Crippen LogP contribution < -0.4 is 0 Å². The highest BCUT2D eigenvalue weighted by Gasteiger charge is 2.27. The molecule has 0 spiro atoms. The van der Waals surface area contributed by atoms with E-state index in [-0.39, 0.29) is 11.9 Å². The molecular formula is C20H23NO2. The van der Waals surface area contributed by atoms with E-state index in [0.29, 0.717) is 26.2 Å². The molecule has 0 unspecified atom stereocenters. The molecule has 1 atom stereocenters. The number of morpholine rings is 1. The summed E-state index contributed by atoms with van der Waals surface area (Å²) in [7, 11) is 0. The first kappa shape index (κ1) is 15.8. The van der Waals surface area contributed by atoms with Crippen molar-refractivity contribution in [3.8, 4) is 0 Å². The Hall–Kier alpha value is -2.13. The average Bonchev–Trinajstić information content (AvgIpc) is 2.62. The molecule has 0 saturated carbocycles. The van der Waals surface area contributed by atoms with Gasteiger partial charge in [0.1, 0.15) is 0 Å². The zero-order chi connectivity index (χ0) is 15.9. The van der Waals surface area contributed by atoms with Gasteiger partial charge in [0.25, 0.3) is 0 Å². The van der Waals surface area contributed by atoms with Gasteiger partial charge < -0.3 is 9.64 Å². The van der Waals surface area contributed by atoms with Crippen LogP contribution in [0.4, 0.5) is 0 Å². The van der Waals surface area contributed by atoms with Gasteiger partial charge in [-0.2, -0.15) is 0 Å². The molecule has 0 radical (unpaired) electrons. The quantitative estimate of drug-likeness (QED) is 0.849. The van der Waals surface area contributed by atoms with Gasteiger partial charge >= 0.3 is 0 Å². The number of benzene rings is 2. The van der Waals surface area contributed by atoms with Crippen molar-refractivity contribution in [2.45, 2.75) is 25.3 Å². The lowest BCUT2D eigenvalue weighted by molar-refractivity contribution is -0.139. The van der Waals surface area contributed by atoms with Gasteiger partial charge in [0, 0.05) is 13.0 Å². The van der Waals surface area contributed by atoms with Gasteiger partial charge in [-0.3, -0.25) is 4.79 Å². The summed E-state index contributed by atoms with van der Waals surface area (Å²) < 4.78 is 5.60. The van der Waals surface area contributed by atoms with Crippen LogP contribution in [-0.4, -0.2) is 36.6 Å². The molecule has 0 aromatic heterocycles. The molecule has 2 aromatic rings. The zero-order valence-electron chi connectivity index (χ0n) is 13.4. The summed E-state index contributed by atoms with van der Waals surface area (Å²) in [5, 5.41) is 0. The van der Waals surface area contributed by atoms with Crippen molar-refractivity contribution in [3.63, 3.8) is 0 Å². The SMILES string of the molecule is O=C(CCc1ccccc1)N1CCOC[C@H]1Cc1ccccc1. The molecule has 3 nitrogen and oxygen atoms in total. The number of rotatable bonds is 5. The summed E-state index contributed by atoms with van der Waals surface area (Å²) >= 11 is 0. The number of carbonyl (C=O) groups excluding carboxylic acids is 1. The number of nitrogens with zero attached hydrogens (tertiary/aromatic N) is 1. The van der Waals surface area contributed by atoms with Gasteiger partial charge in [0.05, 0.1) is 19.3 Å². The van der Waals surface area contributed by atoms with Crippen molar-refractivity contribution in [3.05, 3.63) is 71.8 Å². The Bertz CT molecular complexity index is 612. The van der Waals surface area contributed by atoms with E-state index in [4.69, 9.17) is 4.74 Å². The maximum absolute atomic E-state index is 12.6. The number of hydrogen-bond acceptors (Lipinski definition) is 2. The number of amides is 1. The second kappa shape index (κ2) is 7.93. The van der Waals surface area contributed by atoms with Crippen molar-refractivity contribution in [1.82, 2.24) is 4.90 Å². The Kier molecular flexibility index (Phi) is 5.43. The lowest BCUT2D eigenvalue weighted by Gasteiger charge is -2.36. The molecular weight excluding hydrogens is 286 g/mol. The topological polar surface area (TPSA) is 29.5 Å². The Morgan fingerprint density at radius 2 is 1.65 bits per heavy atom. The summed E-state index contributed by atoms with van der Waals surface area (Å²) in [5.74, 6) is 0.234. The van der Waals surface area contributed by atoms with Gasteiger partial charge in [-0.25, -0.2) is 0 Å². The van der Waals surface area contributed by atoms with Crippen LogP contribution in [0.5, 0.6) is 0 Å². The van der Waals surface area contributed by atoms with E-state index in [0.717, 1.165) is 12.8 Å². The molecule has 1 fully saturated rings. The third kappa shape index (κ3) is 4.42. The van der Waals surface area contributed by atoms with Crippen LogP contribution in [0.25, 0.3) is 0 Å². The van der Waals surface area contributed by atoms with E-state index in [1.807, 2.05) is 41.3 Å². The molecule has 0 N–H and O–H groups in total. The second-order valence-electron chi connectivity index (χ2n) is 5.99. The molecule has 3 heteroatoms. The molecule has 23 heavy (non-hydrogen) atoms. The zero-order valence-corrected chi connectivity index (χ0v) is 13.4. The van der Waals surface area contributed by atoms with E-state index in [2.05, 4.69) is 24.3 Å². The van der Waals surface area contributed by atoms with Crippen molar-refractivity contribution in [1.29, 1.82) is 0 Å². The molecule has 1 aliphatic rings. The van der Waals surface area contributed by atoms with Crippen LogP contribution in [0, 0.1) is 0 Å². The predicted molar refractivity (Wildman–Crippen MR) is 91.2 cm³/mol. The first-order valence-corrected chi connectivity index (χ1v) is 8.28. The van der Waals surface area contributed by atoms with E-state index >= 15 is 0 Å². The third-order valence-electron chi connectivity index (χ3n) is 4.33. The number of ether oxygens (including phenoxy) is 1. The van der Waals surface area contributed by atoms with Gasteiger partial charge in [-0.15, -0.1) is 0 Å². The smallest absolute Gasteiger partial charge is 0.223 e. The minimum absolute atomic E-state index is 0.148. The van der Waals surface area contributed by atoms with E-state index in [1.165, 1.54) is 11.1 Å². The number of aryl methyl sites for hydroxylation is 1. The van der Waals surface area contributed by atoms with Crippen LogP contribution in [0.1, 0.15) is 17.5 Å². The minimum Gasteiger partial charge on any atom is -0.377 e. The second-order valence-corrected chi connectivity index (χ2v) is 5.99. The first-order valence-electron chi connectivity index (χ1n) is 8.28. The summed E-state index contributed by atoms with van der Waals surface area (Å²) in [6.07, 6.45) is 2.22. The molecule has 0 bridgehead atoms. The van der Waals surface area contributed by atoms with Crippen molar-refractivity contribution in [2.24, 2.45) is 0 Å². The Morgan fingerprint density at radius 1 is 1.00 bits per heavy atom. The highest BCUT2D eigenvalue weighted by Crippen LogP contribution is 2.15. The summed E-state index contributed by atoms with van der Waals surface area (Å²) in [5.41, 5.74) is 2.47. The molecule has 3 rings (SSSR count). The van der Waals surface area contributed by atoms with Crippen LogP contribution in [0.2, 0.25) is 0 Å². The van der Waals surface area contributed by atoms with E-state index < -0.39 is 0 Å². The highest BCUT2D eigenvalue weighted by atomic mass is 16.5. The molecule has 1 saturated heterocycles. The molecule has 1 aliphatic heterocycles. The maximum Gasteiger partial charge on any atom is 0.223 e. The maximum atomic E-state index is 12.6. The first-order chi connectivity index (χ1) is 11.3. The average molecular weight is 309 g/mol. The number of hydrogen-bond donors (Lipinski definition) is 0. The minimum atomic E-state index is 0.148. The Balaban J connectivity index is 1.60. The van der Waals surface area contributed by atoms with Crippen molar-refractivity contribution in [2.75, 3.05) is 19.8 Å². The molecule has 1 amide bonds. The lowest BCUT2D eigenvalue weighted by Crippen LogP contribution is -2.49. The predicted octanol–water partition coefficient (Wildman–Crippen LogP) is 3.09. The Morgan fingerprint density at radius 3 is 2.35 bits per heavy atom. The van der Waals surface area contributed by atoms with E-state index in [9.17, 15) is 4.79 Å². The van der Waals surface area contributed by atoms with Gasteiger partial charge in [0.15, 0.2) is 0 Å². The van der Waals surface area contributed by atoms with Gasteiger partial charge in [-0.1, -0.05) is 60.7 Å². The summed E-state index contributed by atoms with van der Waals surface area (Å²) in [6, 6.07) is 20.7. The molecule has 1 heterocycles. The van der Waals surface area contributed by atoms with Crippen LogP contribution in [-0.2, 0) is 22.4 Å². The van der Waals surface area contributed by atoms with Crippen LogP contribution >= 0.6 is 0 Å². The molecule has 2 aromatic carbocycles. The third-order valence-corrected chi connectivity index (χ3v) is 4.33. The molecule has 0 aliphatic carbocycles. The largest absolute Gasteiger partial charge is 0.377 e. The van der Waals surface area contributed by atoms with Crippen LogP contribution in [0.3, 0.4) is 0 Å². The lowest BCUT2D eigenvalue weighted by atomic mass is 10.0. The van der Waals surface area contributed by atoms with Crippen LogP contribution in [0.15, 0.2) is 60.7 Å². The van der Waals surface area contributed by atoms with Gasteiger partial charge in [0.2, 0.25) is 5.91 Å².